The summed E-state index contributed by atoms with van der Waals surface area (Å²) in [5.74, 6) is -0.956. The Kier molecular flexibility index (Phi) is 3.85. The van der Waals surface area contributed by atoms with Crippen molar-refractivity contribution in [2.75, 3.05) is 13.1 Å². The molecule has 1 aliphatic rings. The first-order chi connectivity index (χ1) is 10.9. The lowest BCUT2D eigenvalue weighted by molar-refractivity contribution is -0.147. The summed E-state index contributed by atoms with van der Waals surface area (Å²) in [6.45, 7) is 2.16. The first-order valence-electron chi connectivity index (χ1n) is 7.13. The predicted octanol–water partition coefficient (Wildman–Crippen LogP) is 2.93. The van der Waals surface area contributed by atoms with E-state index in [0.717, 1.165) is 0 Å². The van der Waals surface area contributed by atoms with Gasteiger partial charge in [0.2, 0.25) is 0 Å². The van der Waals surface area contributed by atoms with Crippen molar-refractivity contribution in [2.45, 2.75) is 13.3 Å². The minimum absolute atomic E-state index is 0.146. The summed E-state index contributed by atoms with van der Waals surface area (Å²) >= 11 is 6.15. The molecule has 1 fully saturated rings. The molecule has 1 aromatic heterocycles. The Morgan fingerprint density at radius 2 is 2.13 bits per heavy atom. The van der Waals surface area contributed by atoms with Crippen molar-refractivity contribution in [2.24, 2.45) is 5.41 Å². The topological polar surface area (TPSA) is 83.6 Å². The number of nitrogens with zero attached hydrogens (tertiary/aromatic N) is 2. The van der Waals surface area contributed by atoms with Gasteiger partial charge in [-0.1, -0.05) is 23.7 Å². The van der Waals surface area contributed by atoms with Crippen LogP contribution in [0, 0.1) is 5.41 Å². The smallest absolute Gasteiger partial charge is 0.311 e. The van der Waals surface area contributed by atoms with Crippen LogP contribution in [0.1, 0.15) is 23.8 Å². The van der Waals surface area contributed by atoms with Crippen molar-refractivity contribution < 1.29 is 19.1 Å². The lowest BCUT2D eigenvalue weighted by Crippen LogP contribution is -2.35. The van der Waals surface area contributed by atoms with Gasteiger partial charge in [-0.3, -0.25) is 9.59 Å². The van der Waals surface area contributed by atoms with E-state index in [1.54, 1.807) is 31.2 Å². The number of halogens is 1. The number of carbonyl (C=O) groups is 2. The molecule has 1 unspecified atom stereocenters. The van der Waals surface area contributed by atoms with E-state index >= 15 is 0 Å². The Labute approximate surface area is 137 Å². The van der Waals surface area contributed by atoms with Gasteiger partial charge in [-0.25, -0.2) is 4.98 Å². The van der Waals surface area contributed by atoms with Crippen LogP contribution in [0.25, 0.3) is 11.3 Å². The summed E-state index contributed by atoms with van der Waals surface area (Å²) in [7, 11) is 0. The second kappa shape index (κ2) is 5.70. The number of carbonyl (C=O) groups excluding carboxylic acids is 1. The van der Waals surface area contributed by atoms with Crippen molar-refractivity contribution in [1.82, 2.24) is 9.88 Å². The third-order valence-electron chi connectivity index (χ3n) is 4.17. The molecule has 1 atom stereocenters. The minimum Gasteiger partial charge on any atom is -0.481 e. The normalized spacial score (nSPS) is 20.7. The molecule has 120 valence electrons. The number of rotatable bonds is 3. The molecule has 1 saturated heterocycles. The van der Waals surface area contributed by atoms with E-state index in [1.165, 1.54) is 11.3 Å². The maximum atomic E-state index is 12.7. The lowest BCUT2D eigenvalue weighted by atomic mass is 9.90. The Balaban J connectivity index is 1.90. The van der Waals surface area contributed by atoms with Gasteiger partial charge in [0.05, 0.1) is 10.4 Å². The Bertz CT molecular complexity index is 773. The van der Waals surface area contributed by atoms with Crippen LogP contribution in [-0.2, 0) is 4.79 Å². The Morgan fingerprint density at radius 3 is 2.78 bits per heavy atom. The second-order valence-electron chi connectivity index (χ2n) is 5.85. The fourth-order valence-corrected chi connectivity index (χ4v) is 2.92. The average molecular weight is 335 g/mol. The molecule has 7 heteroatoms. The zero-order valence-corrected chi connectivity index (χ0v) is 13.2. The van der Waals surface area contributed by atoms with Crippen LogP contribution in [0.4, 0.5) is 0 Å². The number of carboxylic acids is 1. The van der Waals surface area contributed by atoms with Crippen LogP contribution in [0.15, 0.2) is 35.1 Å². The van der Waals surface area contributed by atoms with Crippen molar-refractivity contribution in [3.63, 3.8) is 0 Å². The average Bonchev–Trinajstić information content (AvgIpc) is 3.15. The van der Waals surface area contributed by atoms with Crippen LogP contribution in [-0.4, -0.2) is 40.0 Å². The number of likely N-dealkylation sites (tertiary alicyclic amines) is 1. The van der Waals surface area contributed by atoms with Gasteiger partial charge < -0.3 is 14.4 Å². The van der Waals surface area contributed by atoms with Gasteiger partial charge in [0, 0.05) is 18.7 Å². The molecule has 0 aliphatic carbocycles. The van der Waals surface area contributed by atoms with Crippen LogP contribution in [0.3, 0.4) is 0 Å². The number of amides is 1. The zero-order valence-electron chi connectivity index (χ0n) is 12.5. The number of oxazole rings is 1. The van der Waals surface area contributed by atoms with Crippen LogP contribution in [0.2, 0.25) is 5.02 Å². The first-order valence-corrected chi connectivity index (χ1v) is 7.51. The first kappa shape index (κ1) is 15.6. The van der Waals surface area contributed by atoms with E-state index in [4.69, 9.17) is 16.0 Å². The zero-order chi connectivity index (χ0) is 16.6. The summed E-state index contributed by atoms with van der Waals surface area (Å²) in [5, 5.41) is 9.74. The fourth-order valence-electron chi connectivity index (χ4n) is 2.69. The monoisotopic (exact) mass is 334 g/mol. The van der Waals surface area contributed by atoms with Crippen molar-refractivity contribution in [1.29, 1.82) is 0 Å². The fraction of sp³-hybridized carbons (Fsp3) is 0.312. The van der Waals surface area contributed by atoms with Gasteiger partial charge >= 0.3 is 5.97 Å². The molecule has 1 N–H and O–H groups in total. The van der Waals surface area contributed by atoms with Gasteiger partial charge in [0.15, 0.2) is 17.8 Å². The summed E-state index contributed by atoms with van der Waals surface area (Å²) < 4.78 is 5.35. The van der Waals surface area contributed by atoms with Gasteiger partial charge in [-0.15, -0.1) is 0 Å². The molecule has 0 radical (unpaired) electrons. The number of benzene rings is 1. The molecule has 0 spiro atoms. The minimum atomic E-state index is -0.927. The van der Waals surface area contributed by atoms with Gasteiger partial charge in [-0.2, -0.15) is 0 Å². The molecule has 1 aliphatic heterocycles. The number of hydrogen-bond donors (Lipinski definition) is 1. The summed E-state index contributed by atoms with van der Waals surface area (Å²) in [4.78, 5) is 29.5. The SMILES string of the molecule is CC1(C(=O)O)CCN(C(=O)c2ncoc2-c2ccccc2Cl)C1. The summed E-state index contributed by atoms with van der Waals surface area (Å²) in [6.07, 6.45) is 1.60. The standard InChI is InChI=1S/C16H15ClN2O4/c1-16(15(21)22)6-7-19(8-16)14(20)12-13(23-9-18-12)10-4-2-3-5-11(10)17/h2-5,9H,6-8H2,1H3,(H,21,22). The summed E-state index contributed by atoms with van der Waals surface area (Å²) in [5.41, 5.74) is -0.202. The van der Waals surface area contributed by atoms with E-state index in [9.17, 15) is 14.7 Å². The highest BCUT2D eigenvalue weighted by Gasteiger charge is 2.43. The van der Waals surface area contributed by atoms with E-state index in [-0.39, 0.29) is 18.1 Å². The predicted molar refractivity (Wildman–Crippen MR) is 83.2 cm³/mol. The quantitative estimate of drug-likeness (QED) is 0.933. The summed E-state index contributed by atoms with van der Waals surface area (Å²) in [6, 6.07) is 7.01. The Morgan fingerprint density at radius 1 is 1.39 bits per heavy atom. The molecular weight excluding hydrogens is 320 g/mol. The number of carboxylic acid groups (broad SMARTS) is 1. The van der Waals surface area contributed by atoms with Gasteiger partial charge in [0.25, 0.3) is 5.91 Å². The van der Waals surface area contributed by atoms with Crippen LogP contribution < -0.4 is 0 Å². The highest BCUT2D eigenvalue weighted by Crippen LogP contribution is 2.34. The van der Waals surface area contributed by atoms with Crippen LogP contribution in [0.5, 0.6) is 0 Å². The third kappa shape index (κ3) is 2.70. The maximum Gasteiger partial charge on any atom is 0.311 e. The van der Waals surface area contributed by atoms with Crippen molar-refractivity contribution in [3.05, 3.63) is 41.4 Å². The third-order valence-corrected chi connectivity index (χ3v) is 4.49. The van der Waals surface area contributed by atoms with E-state index in [0.29, 0.717) is 29.3 Å². The second-order valence-corrected chi connectivity index (χ2v) is 6.26. The molecule has 1 amide bonds. The molecule has 0 bridgehead atoms. The highest BCUT2D eigenvalue weighted by molar-refractivity contribution is 6.33. The van der Waals surface area contributed by atoms with Gasteiger partial charge in [-0.05, 0) is 25.5 Å². The van der Waals surface area contributed by atoms with Crippen molar-refractivity contribution >= 4 is 23.5 Å². The number of aromatic nitrogens is 1. The lowest BCUT2D eigenvalue weighted by Gasteiger charge is -2.19. The molecule has 23 heavy (non-hydrogen) atoms. The molecule has 0 saturated carbocycles. The van der Waals surface area contributed by atoms with E-state index in [2.05, 4.69) is 4.98 Å². The van der Waals surface area contributed by atoms with E-state index in [1.807, 2.05) is 0 Å². The highest BCUT2D eigenvalue weighted by atomic mass is 35.5. The molecule has 6 nitrogen and oxygen atoms in total. The molecular formula is C16H15ClN2O4. The maximum absolute atomic E-state index is 12.7. The largest absolute Gasteiger partial charge is 0.481 e. The number of hydrogen-bond acceptors (Lipinski definition) is 4. The van der Waals surface area contributed by atoms with Crippen LogP contribution >= 0.6 is 11.6 Å². The molecule has 2 heterocycles. The van der Waals surface area contributed by atoms with E-state index < -0.39 is 11.4 Å². The van der Waals surface area contributed by atoms with Gasteiger partial charge in [0.1, 0.15) is 0 Å². The Hall–Kier alpha value is -2.34. The molecule has 2 aromatic rings. The number of aliphatic carboxylic acids is 1. The molecule has 1 aromatic carbocycles. The van der Waals surface area contributed by atoms with Crippen molar-refractivity contribution in [3.8, 4) is 11.3 Å². The molecule has 3 rings (SSSR count).